The molecule has 2 amide bonds. The molecule has 0 spiro atoms. The number of likely N-dealkylation sites (tertiary alicyclic amines) is 1. The zero-order valence-corrected chi connectivity index (χ0v) is 15.1. The van der Waals surface area contributed by atoms with Gasteiger partial charge in [0.05, 0.1) is 7.11 Å². The maximum atomic E-state index is 12.6. The number of ether oxygens (including phenoxy) is 2. The van der Waals surface area contributed by atoms with Gasteiger partial charge in [-0.3, -0.25) is 4.79 Å². The number of rotatable bonds is 8. The molecule has 0 atom stereocenters. The van der Waals surface area contributed by atoms with Crippen molar-refractivity contribution in [2.45, 2.75) is 26.2 Å². The number of amides is 2. The van der Waals surface area contributed by atoms with E-state index in [2.05, 4.69) is 5.32 Å². The Hall–Kier alpha value is -2.08. The highest BCUT2D eigenvalue weighted by Crippen LogP contribution is 2.23. The summed E-state index contributed by atoms with van der Waals surface area (Å²) in [5, 5.41) is 2.91. The van der Waals surface area contributed by atoms with Crippen LogP contribution in [0.25, 0.3) is 0 Å². The first-order valence-corrected chi connectivity index (χ1v) is 8.94. The topological polar surface area (TPSA) is 67.9 Å². The predicted molar refractivity (Wildman–Crippen MR) is 96.1 cm³/mol. The number of benzene rings is 1. The Morgan fingerprint density at radius 1 is 1.20 bits per heavy atom. The number of hydrogen-bond acceptors (Lipinski definition) is 4. The van der Waals surface area contributed by atoms with Crippen LogP contribution in [0.2, 0.25) is 0 Å². The molecule has 6 heteroatoms. The summed E-state index contributed by atoms with van der Waals surface area (Å²) in [4.78, 5) is 26.5. The van der Waals surface area contributed by atoms with Crippen LogP contribution in [0.15, 0.2) is 24.3 Å². The first kappa shape index (κ1) is 19.2. The average molecular weight is 348 g/mol. The summed E-state index contributed by atoms with van der Waals surface area (Å²) < 4.78 is 10.4. The minimum Gasteiger partial charge on any atom is -0.497 e. The molecule has 0 radical (unpaired) electrons. The standard InChI is InChI=1S/C19H28N2O4/c1-3-25-14-4-11-20-19(23)21-12-9-16(10-13-21)18(22)15-5-7-17(24-2)8-6-15/h5-8,16H,3-4,9-14H2,1-2H3,(H,20,23). The molecule has 1 fully saturated rings. The van der Waals surface area contributed by atoms with Crippen LogP contribution in [-0.2, 0) is 4.74 Å². The molecule has 1 aliphatic heterocycles. The number of ketones is 1. The van der Waals surface area contributed by atoms with Crippen LogP contribution in [0.5, 0.6) is 5.75 Å². The van der Waals surface area contributed by atoms with E-state index in [0.29, 0.717) is 51.3 Å². The Bertz CT molecular complexity index is 551. The maximum Gasteiger partial charge on any atom is 0.317 e. The highest BCUT2D eigenvalue weighted by atomic mass is 16.5. The van der Waals surface area contributed by atoms with Crippen LogP contribution in [0.3, 0.4) is 0 Å². The normalized spacial score (nSPS) is 15.0. The van der Waals surface area contributed by atoms with E-state index in [-0.39, 0.29) is 17.7 Å². The Morgan fingerprint density at radius 3 is 2.48 bits per heavy atom. The van der Waals surface area contributed by atoms with Crippen molar-refractivity contribution in [2.75, 3.05) is 40.0 Å². The average Bonchev–Trinajstić information content (AvgIpc) is 2.67. The highest BCUT2D eigenvalue weighted by Gasteiger charge is 2.27. The number of urea groups is 1. The van der Waals surface area contributed by atoms with Gasteiger partial charge in [-0.2, -0.15) is 0 Å². The number of hydrogen-bond donors (Lipinski definition) is 1. The number of carbonyl (C=O) groups is 2. The first-order chi connectivity index (χ1) is 12.2. The SMILES string of the molecule is CCOCCCNC(=O)N1CCC(C(=O)c2ccc(OC)cc2)CC1. The molecular weight excluding hydrogens is 320 g/mol. The van der Waals surface area contributed by atoms with E-state index in [1.807, 2.05) is 6.92 Å². The van der Waals surface area contributed by atoms with Gasteiger partial charge in [0.25, 0.3) is 0 Å². The van der Waals surface area contributed by atoms with E-state index >= 15 is 0 Å². The molecule has 6 nitrogen and oxygen atoms in total. The third-order valence-corrected chi connectivity index (χ3v) is 4.47. The summed E-state index contributed by atoms with van der Waals surface area (Å²) in [7, 11) is 1.61. The summed E-state index contributed by atoms with van der Waals surface area (Å²) in [6.45, 7) is 5.16. The second-order valence-corrected chi connectivity index (χ2v) is 6.14. The summed E-state index contributed by atoms with van der Waals surface area (Å²) in [5.74, 6) is 0.877. The van der Waals surface area contributed by atoms with Crippen molar-refractivity contribution in [1.29, 1.82) is 0 Å². The molecule has 1 aliphatic rings. The molecule has 0 saturated carbocycles. The molecule has 0 aromatic heterocycles. The number of nitrogens with zero attached hydrogens (tertiary/aromatic N) is 1. The molecule has 0 unspecified atom stereocenters. The van der Waals surface area contributed by atoms with Crippen molar-refractivity contribution in [1.82, 2.24) is 10.2 Å². The van der Waals surface area contributed by atoms with Crippen molar-refractivity contribution in [2.24, 2.45) is 5.92 Å². The monoisotopic (exact) mass is 348 g/mol. The molecule has 25 heavy (non-hydrogen) atoms. The van der Waals surface area contributed by atoms with Gasteiger partial charge in [-0.05, 0) is 50.5 Å². The fraction of sp³-hybridized carbons (Fsp3) is 0.579. The minimum atomic E-state index is -0.0492. The van der Waals surface area contributed by atoms with Crippen LogP contribution in [0.4, 0.5) is 4.79 Å². The van der Waals surface area contributed by atoms with E-state index in [9.17, 15) is 9.59 Å². The predicted octanol–water partition coefficient (Wildman–Crippen LogP) is 2.73. The van der Waals surface area contributed by atoms with Crippen molar-refractivity contribution >= 4 is 11.8 Å². The van der Waals surface area contributed by atoms with Gasteiger partial charge in [-0.25, -0.2) is 4.79 Å². The van der Waals surface area contributed by atoms with Gasteiger partial charge in [0.15, 0.2) is 5.78 Å². The van der Waals surface area contributed by atoms with Gasteiger partial charge >= 0.3 is 6.03 Å². The first-order valence-electron chi connectivity index (χ1n) is 8.94. The lowest BCUT2D eigenvalue weighted by Gasteiger charge is -2.31. The lowest BCUT2D eigenvalue weighted by Crippen LogP contribution is -2.45. The Kier molecular flexibility index (Phi) is 7.73. The van der Waals surface area contributed by atoms with Crippen molar-refractivity contribution in [3.8, 4) is 5.75 Å². The van der Waals surface area contributed by atoms with Crippen LogP contribution in [0, 0.1) is 5.92 Å². The number of piperidine rings is 1. The molecule has 1 aromatic rings. The molecule has 0 aliphatic carbocycles. The molecule has 1 heterocycles. The zero-order valence-electron chi connectivity index (χ0n) is 15.1. The third-order valence-electron chi connectivity index (χ3n) is 4.47. The minimum absolute atomic E-state index is 0.0181. The summed E-state index contributed by atoms with van der Waals surface area (Å²) in [5.41, 5.74) is 0.708. The van der Waals surface area contributed by atoms with Gasteiger partial charge in [0.1, 0.15) is 5.75 Å². The lowest BCUT2D eigenvalue weighted by molar-refractivity contribution is 0.0854. The lowest BCUT2D eigenvalue weighted by atomic mass is 9.89. The summed E-state index contributed by atoms with van der Waals surface area (Å²) in [6.07, 6.45) is 2.22. The molecule has 0 bridgehead atoms. The van der Waals surface area contributed by atoms with Crippen LogP contribution in [0.1, 0.15) is 36.5 Å². The summed E-state index contributed by atoms with van der Waals surface area (Å²) >= 11 is 0. The van der Waals surface area contributed by atoms with Gasteiger partial charge in [0.2, 0.25) is 0 Å². The third kappa shape index (κ3) is 5.74. The van der Waals surface area contributed by atoms with E-state index in [4.69, 9.17) is 9.47 Å². The van der Waals surface area contributed by atoms with Crippen molar-refractivity contribution in [3.05, 3.63) is 29.8 Å². The largest absolute Gasteiger partial charge is 0.497 e. The number of methoxy groups -OCH3 is 1. The quantitative estimate of drug-likeness (QED) is 0.579. The number of Topliss-reactive ketones (excluding diaryl/α,β-unsaturated/α-hetero) is 1. The van der Waals surface area contributed by atoms with Gasteiger partial charge in [-0.15, -0.1) is 0 Å². The van der Waals surface area contributed by atoms with E-state index in [0.717, 1.165) is 12.2 Å². The molecule has 1 saturated heterocycles. The molecule has 1 N–H and O–H groups in total. The van der Waals surface area contributed by atoms with Crippen molar-refractivity contribution < 1.29 is 19.1 Å². The fourth-order valence-corrected chi connectivity index (χ4v) is 2.96. The van der Waals surface area contributed by atoms with Crippen LogP contribution in [-0.4, -0.2) is 56.7 Å². The smallest absolute Gasteiger partial charge is 0.317 e. The second-order valence-electron chi connectivity index (χ2n) is 6.14. The fourth-order valence-electron chi connectivity index (χ4n) is 2.96. The Morgan fingerprint density at radius 2 is 1.88 bits per heavy atom. The number of carbonyl (C=O) groups excluding carboxylic acids is 2. The van der Waals surface area contributed by atoms with Crippen LogP contribution < -0.4 is 10.1 Å². The molecular formula is C19H28N2O4. The van der Waals surface area contributed by atoms with E-state index in [1.54, 1.807) is 36.3 Å². The Labute approximate surface area is 149 Å². The second kappa shape index (κ2) is 10.0. The highest BCUT2D eigenvalue weighted by molar-refractivity contribution is 5.98. The van der Waals surface area contributed by atoms with Gasteiger partial charge in [0, 0.05) is 44.3 Å². The van der Waals surface area contributed by atoms with Gasteiger partial charge in [-0.1, -0.05) is 0 Å². The molecule has 1 aromatic carbocycles. The maximum absolute atomic E-state index is 12.6. The van der Waals surface area contributed by atoms with Crippen molar-refractivity contribution in [3.63, 3.8) is 0 Å². The number of nitrogens with one attached hydrogen (secondary N) is 1. The molecule has 2 rings (SSSR count). The van der Waals surface area contributed by atoms with Crippen LogP contribution >= 0.6 is 0 Å². The summed E-state index contributed by atoms with van der Waals surface area (Å²) in [6, 6.07) is 7.17. The molecule has 138 valence electrons. The zero-order chi connectivity index (χ0) is 18.1. The Balaban J connectivity index is 1.74. The van der Waals surface area contributed by atoms with E-state index < -0.39 is 0 Å². The van der Waals surface area contributed by atoms with Gasteiger partial charge < -0.3 is 19.7 Å². The van der Waals surface area contributed by atoms with E-state index in [1.165, 1.54) is 0 Å².